The molecule has 1 atom stereocenters. The Kier molecular flexibility index (Phi) is 6.08. The van der Waals surface area contributed by atoms with Gasteiger partial charge >= 0.3 is 0 Å². The van der Waals surface area contributed by atoms with E-state index in [4.69, 9.17) is 0 Å². The Bertz CT molecular complexity index is 426. The van der Waals surface area contributed by atoms with Gasteiger partial charge in [-0.1, -0.05) is 19.8 Å². The van der Waals surface area contributed by atoms with Crippen molar-refractivity contribution >= 4 is 12.4 Å². The lowest BCUT2D eigenvalue weighted by atomic mass is 9.82. The van der Waals surface area contributed by atoms with Crippen molar-refractivity contribution < 1.29 is 0 Å². The molecule has 1 aromatic heterocycles. The molecule has 21 heavy (non-hydrogen) atoms. The predicted molar refractivity (Wildman–Crippen MR) is 88.8 cm³/mol. The fourth-order valence-corrected chi connectivity index (χ4v) is 3.76. The summed E-state index contributed by atoms with van der Waals surface area (Å²) in [5, 5.41) is 3.53. The van der Waals surface area contributed by atoms with E-state index >= 15 is 0 Å². The molecule has 1 aromatic rings. The van der Waals surface area contributed by atoms with Gasteiger partial charge in [-0.05, 0) is 24.7 Å². The molecule has 1 aliphatic heterocycles. The van der Waals surface area contributed by atoms with Gasteiger partial charge in [-0.25, -0.2) is 4.98 Å². The maximum absolute atomic E-state index is 4.58. The van der Waals surface area contributed by atoms with Gasteiger partial charge in [0.15, 0.2) is 0 Å². The first-order chi connectivity index (χ1) is 9.74. The topological polar surface area (TPSA) is 33.1 Å². The third-order valence-corrected chi connectivity index (χ3v) is 5.14. The van der Waals surface area contributed by atoms with Crippen molar-refractivity contribution in [2.45, 2.75) is 38.6 Å². The Hall–Kier alpha value is -0.580. The molecule has 2 fully saturated rings. The second kappa shape index (κ2) is 7.61. The van der Waals surface area contributed by atoms with E-state index in [-0.39, 0.29) is 12.4 Å². The van der Waals surface area contributed by atoms with Crippen LogP contribution >= 0.6 is 12.4 Å². The molecule has 4 nitrogen and oxygen atoms in total. The van der Waals surface area contributed by atoms with Gasteiger partial charge in [-0.15, -0.1) is 12.4 Å². The van der Waals surface area contributed by atoms with E-state index in [1.807, 2.05) is 6.20 Å². The number of halogens is 1. The van der Waals surface area contributed by atoms with Crippen molar-refractivity contribution in [2.24, 2.45) is 18.9 Å². The minimum atomic E-state index is 0. The summed E-state index contributed by atoms with van der Waals surface area (Å²) in [6.45, 7) is 6.96. The summed E-state index contributed by atoms with van der Waals surface area (Å²) in [4.78, 5) is 7.24. The maximum atomic E-state index is 4.58. The number of rotatable bonds is 3. The van der Waals surface area contributed by atoms with Crippen LogP contribution in [-0.4, -0.2) is 40.6 Å². The van der Waals surface area contributed by atoms with Gasteiger partial charge in [0.1, 0.15) is 5.82 Å². The fraction of sp³-hybridized carbons (Fsp3) is 0.812. The molecule has 120 valence electrons. The summed E-state index contributed by atoms with van der Waals surface area (Å²) in [6, 6.07) is 0.447. The van der Waals surface area contributed by atoms with Gasteiger partial charge < -0.3 is 9.88 Å². The zero-order valence-electron chi connectivity index (χ0n) is 13.3. The van der Waals surface area contributed by atoms with E-state index in [0.29, 0.717) is 6.04 Å². The van der Waals surface area contributed by atoms with E-state index in [1.54, 1.807) is 0 Å². The third kappa shape index (κ3) is 3.99. The van der Waals surface area contributed by atoms with E-state index in [9.17, 15) is 0 Å². The quantitative estimate of drug-likeness (QED) is 0.931. The molecule has 1 N–H and O–H groups in total. The molecular weight excluding hydrogens is 284 g/mol. The van der Waals surface area contributed by atoms with Crippen molar-refractivity contribution in [3.8, 4) is 0 Å². The van der Waals surface area contributed by atoms with Crippen molar-refractivity contribution in [3.05, 3.63) is 18.2 Å². The van der Waals surface area contributed by atoms with E-state index in [2.05, 4.69) is 39.9 Å². The maximum Gasteiger partial charge on any atom is 0.127 e. The van der Waals surface area contributed by atoms with Crippen LogP contribution in [-0.2, 0) is 7.05 Å². The number of hydrogen-bond acceptors (Lipinski definition) is 3. The van der Waals surface area contributed by atoms with Gasteiger partial charge in [-0.2, -0.15) is 0 Å². The van der Waals surface area contributed by atoms with Gasteiger partial charge in [0.25, 0.3) is 0 Å². The van der Waals surface area contributed by atoms with Crippen LogP contribution in [0.5, 0.6) is 0 Å². The summed E-state index contributed by atoms with van der Waals surface area (Å²) < 4.78 is 2.17. The Morgan fingerprint density at radius 3 is 2.71 bits per heavy atom. The number of piperazine rings is 1. The number of aromatic nitrogens is 2. The first-order valence-corrected chi connectivity index (χ1v) is 8.16. The molecule has 1 saturated carbocycles. The lowest BCUT2D eigenvalue weighted by molar-refractivity contribution is 0.111. The summed E-state index contributed by atoms with van der Waals surface area (Å²) in [7, 11) is 2.11. The lowest BCUT2D eigenvalue weighted by Crippen LogP contribution is -2.48. The van der Waals surface area contributed by atoms with Gasteiger partial charge in [0.2, 0.25) is 0 Å². The number of nitrogens with one attached hydrogen (secondary N) is 1. The van der Waals surface area contributed by atoms with E-state index in [1.165, 1.54) is 38.1 Å². The smallest absolute Gasteiger partial charge is 0.127 e. The van der Waals surface area contributed by atoms with Gasteiger partial charge in [0.05, 0.1) is 6.04 Å². The van der Waals surface area contributed by atoms with Crippen LogP contribution in [0.1, 0.15) is 44.5 Å². The van der Waals surface area contributed by atoms with Crippen LogP contribution in [0.2, 0.25) is 0 Å². The van der Waals surface area contributed by atoms with Crippen molar-refractivity contribution in [3.63, 3.8) is 0 Å². The Morgan fingerprint density at radius 2 is 2.05 bits per heavy atom. The highest BCUT2D eigenvalue weighted by Gasteiger charge is 2.29. The monoisotopic (exact) mass is 312 g/mol. The molecule has 0 bridgehead atoms. The summed E-state index contributed by atoms with van der Waals surface area (Å²) >= 11 is 0. The standard InChI is InChI=1S/C16H28N4.ClH/c1-13-3-5-14(6-4-13)12-20-10-7-17-11-15(20)16-18-8-9-19(16)2;/h8-9,13-15,17H,3-7,10-12H2,1-2H3;1H. The fourth-order valence-electron chi connectivity index (χ4n) is 3.76. The van der Waals surface area contributed by atoms with Crippen LogP contribution in [0, 0.1) is 11.8 Å². The zero-order valence-corrected chi connectivity index (χ0v) is 14.1. The average Bonchev–Trinajstić information content (AvgIpc) is 2.88. The number of nitrogens with zero attached hydrogens (tertiary/aromatic N) is 3. The largest absolute Gasteiger partial charge is 0.337 e. The first kappa shape index (κ1) is 16.8. The van der Waals surface area contributed by atoms with Crippen LogP contribution in [0.3, 0.4) is 0 Å². The minimum Gasteiger partial charge on any atom is -0.337 e. The SMILES string of the molecule is CC1CCC(CN2CCNCC2c2nccn2C)CC1.Cl. The minimum absolute atomic E-state index is 0. The number of imidazole rings is 1. The van der Waals surface area contributed by atoms with Crippen molar-refractivity contribution in [1.82, 2.24) is 19.8 Å². The highest BCUT2D eigenvalue weighted by Crippen LogP contribution is 2.31. The second-order valence-corrected chi connectivity index (χ2v) is 6.74. The Labute approximate surface area is 134 Å². The molecule has 0 aromatic carbocycles. The predicted octanol–water partition coefficient (Wildman–Crippen LogP) is 2.61. The highest BCUT2D eigenvalue weighted by atomic mass is 35.5. The normalized spacial score (nSPS) is 30.9. The van der Waals surface area contributed by atoms with E-state index < -0.39 is 0 Å². The molecule has 3 rings (SSSR count). The molecule has 1 unspecified atom stereocenters. The third-order valence-electron chi connectivity index (χ3n) is 5.14. The molecule has 0 spiro atoms. The average molecular weight is 313 g/mol. The van der Waals surface area contributed by atoms with Crippen molar-refractivity contribution in [1.29, 1.82) is 0 Å². The molecule has 1 aliphatic carbocycles. The van der Waals surface area contributed by atoms with Crippen molar-refractivity contribution in [2.75, 3.05) is 26.2 Å². The highest BCUT2D eigenvalue weighted by molar-refractivity contribution is 5.85. The molecule has 5 heteroatoms. The molecular formula is C16H29ClN4. The molecule has 0 radical (unpaired) electrons. The zero-order chi connectivity index (χ0) is 13.9. The molecule has 2 heterocycles. The Balaban J connectivity index is 0.00000161. The number of hydrogen-bond donors (Lipinski definition) is 1. The number of aryl methyl sites for hydroxylation is 1. The molecule has 1 saturated heterocycles. The molecule has 2 aliphatic rings. The van der Waals surface area contributed by atoms with Crippen LogP contribution in [0.4, 0.5) is 0 Å². The van der Waals surface area contributed by atoms with Crippen LogP contribution < -0.4 is 5.32 Å². The van der Waals surface area contributed by atoms with E-state index in [0.717, 1.165) is 31.5 Å². The molecule has 0 amide bonds. The second-order valence-electron chi connectivity index (χ2n) is 6.74. The summed E-state index contributed by atoms with van der Waals surface area (Å²) in [5.41, 5.74) is 0. The summed E-state index contributed by atoms with van der Waals surface area (Å²) in [5.74, 6) is 3.05. The Morgan fingerprint density at radius 1 is 1.29 bits per heavy atom. The van der Waals surface area contributed by atoms with Gasteiger partial charge in [-0.3, -0.25) is 4.90 Å². The van der Waals surface area contributed by atoms with Crippen LogP contribution in [0.15, 0.2) is 12.4 Å². The first-order valence-electron chi connectivity index (χ1n) is 8.16. The lowest BCUT2D eigenvalue weighted by Gasteiger charge is -2.39. The van der Waals surface area contributed by atoms with Gasteiger partial charge in [0, 0.05) is 45.6 Å². The van der Waals surface area contributed by atoms with Crippen LogP contribution in [0.25, 0.3) is 0 Å². The summed E-state index contributed by atoms with van der Waals surface area (Å²) in [6.07, 6.45) is 9.65.